The van der Waals surface area contributed by atoms with Crippen molar-refractivity contribution in [1.29, 1.82) is 5.26 Å². The van der Waals surface area contributed by atoms with Crippen LogP contribution in [-0.2, 0) is 0 Å². The van der Waals surface area contributed by atoms with Crippen molar-refractivity contribution < 1.29 is 13.2 Å². The van der Waals surface area contributed by atoms with E-state index < -0.39 is 18.6 Å². The molecule has 0 heterocycles. The molecule has 1 atom stereocenters. The first-order valence-corrected chi connectivity index (χ1v) is 5.11. The number of hydrogen-bond acceptors (Lipinski definition) is 2. The van der Waals surface area contributed by atoms with Crippen molar-refractivity contribution in [3.63, 3.8) is 0 Å². The van der Waals surface area contributed by atoms with Gasteiger partial charge in [0, 0.05) is 12.2 Å². The van der Waals surface area contributed by atoms with Crippen LogP contribution in [0.4, 0.5) is 18.9 Å². The lowest BCUT2D eigenvalue weighted by molar-refractivity contribution is -0.155. The molecule has 0 amide bonds. The van der Waals surface area contributed by atoms with E-state index in [0.717, 1.165) is 11.1 Å². The van der Waals surface area contributed by atoms with E-state index in [2.05, 4.69) is 5.32 Å². The molecule has 0 saturated carbocycles. The van der Waals surface area contributed by atoms with Crippen LogP contribution >= 0.6 is 0 Å². The summed E-state index contributed by atoms with van der Waals surface area (Å²) in [6.07, 6.45) is -4.49. The number of rotatable bonds is 3. The Morgan fingerprint density at radius 3 is 2.18 bits per heavy atom. The van der Waals surface area contributed by atoms with E-state index in [1.165, 1.54) is 6.07 Å². The second-order valence-electron chi connectivity index (χ2n) is 3.98. The van der Waals surface area contributed by atoms with Gasteiger partial charge >= 0.3 is 6.18 Å². The Labute approximate surface area is 98.1 Å². The van der Waals surface area contributed by atoms with Gasteiger partial charge in [0.15, 0.2) is 5.92 Å². The van der Waals surface area contributed by atoms with Crippen molar-refractivity contribution in [2.24, 2.45) is 5.92 Å². The molecule has 17 heavy (non-hydrogen) atoms. The standard InChI is InChI=1S/C12H13F3N2/c1-8-3-9(2)5-11(4-8)17-7-10(6-16)12(13,14)15/h3-5,10,17H,7H2,1-2H3. The Hall–Kier alpha value is -1.70. The number of nitrogens with one attached hydrogen (secondary N) is 1. The Bertz CT molecular complexity index is 412. The molecule has 0 fully saturated rings. The minimum absolute atomic E-state index is 0.428. The minimum Gasteiger partial charge on any atom is -0.383 e. The molecule has 1 unspecified atom stereocenters. The summed E-state index contributed by atoms with van der Waals surface area (Å²) in [4.78, 5) is 0. The zero-order valence-corrected chi connectivity index (χ0v) is 9.60. The van der Waals surface area contributed by atoms with Gasteiger partial charge in [0.1, 0.15) is 0 Å². The van der Waals surface area contributed by atoms with E-state index in [9.17, 15) is 13.2 Å². The van der Waals surface area contributed by atoms with Crippen LogP contribution in [0.3, 0.4) is 0 Å². The van der Waals surface area contributed by atoms with E-state index in [4.69, 9.17) is 5.26 Å². The predicted octanol–water partition coefficient (Wildman–Crippen LogP) is 3.42. The molecule has 1 aromatic rings. The van der Waals surface area contributed by atoms with Crippen molar-refractivity contribution in [2.45, 2.75) is 20.0 Å². The summed E-state index contributed by atoms with van der Waals surface area (Å²) in [6, 6.07) is 6.68. The third-order valence-electron chi connectivity index (χ3n) is 2.28. The van der Waals surface area contributed by atoms with Gasteiger partial charge in [-0.1, -0.05) is 6.07 Å². The van der Waals surface area contributed by atoms with E-state index in [1.807, 2.05) is 19.9 Å². The largest absolute Gasteiger partial charge is 0.406 e. The maximum absolute atomic E-state index is 12.3. The van der Waals surface area contributed by atoms with Crippen LogP contribution in [0, 0.1) is 31.1 Å². The monoisotopic (exact) mass is 242 g/mol. The van der Waals surface area contributed by atoms with E-state index in [1.54, 1.807) is 12.1 Å². The topological polar surface area (TPSA) is 35.8 Å². The molecule has 92 valence electrons. The molecular formula is C12H13F3N2. The van der Waals surface area contributed by atoms with Gasteiger partial charge in [0.25, 0.3) is 0 Å². The molecule has 0 aromatic heterocycles. The molecule has 0 radical (unpaired) electrons. The molecule has 1 rings (SSSR count). The molecule has 1 N–H and O–H groups in total. The molecule has 1 aromatic carbocycles. The van der Waals surface area contributed by atoms with Crippen molar-refractivity contribution in [1.82, 2.24) is 0 Å². The molecule has 5 heteroatoms. The summed E-state index contributed by atoms with van der Waals surface area (Å²) in [5, 5.41) is 11.1. The quantitative estimate of drug-likeness (QED) is 0.881. The van der Waals surface area contributed by atoms with Crippen molar-refractivity contribution in [3.05, 3.63) is 29.3 Å². The number of aryl methyl sites for hydroxylation is 2. The highest BCUT2D eigenvalue weighted by Gasteiger charge is 2.39. The van der Waals surface area contributed by atoms with Crippen LogP contribution in [-0.4, -0.2) is 12.7 Å². The summed E-state index contributed by atoms with van der Waals surface area (Å²) in [6.45, 7) is 3.30. The molecule has 0 saturated heterocycles. The summed E-state index contributed by atoms with van der Waals surface area (Å²) < 4.78 is 37.0. The maximum atomic E-state index is 12.3. The fourth-order valence-electron chi connectivity index (χ4n) is 1.53. The Balaban J connectivity index is 2.70. The Morgan fingerprint density at radius 1 is 1.24 bits per heavy atom. The summed E-state index contributed by atoms with van der Waals surface area (Å²) in [5.41, 5.74) is 2.54. The SMILES string of the molecule is Cc1cc(C)cc(NCC(C#N)C(F)(F)F)c1. The van der Waals surface area contributed by atoms with Gasteiger partial charge in [0.05, 0.1) is 6.07 Å². The number of halogens is 3. The van der Waals surface area contributed by atoms with Gasteiger partial charge in [-0.15, -0.1) is 0 Å². The van der Waals surface area contributed by atoms with Gasteiger partial charge in [-0.2, -0.15) is 18.4 Å². The Morgan fingerprint density at radius 2 is 1.76 bits per heavy atom. The molecule has 0 aliphatic heterocycles. The van der Waals surface area contributed by atoms with Crippen LogP contribution in [0.15, 0.2) is 18.2 Å². The summed E-state index contributed by atoms with van der Waals surface area (Å²) in [7, 11) is 0. The van der Waals surface area contributed by atoms with Gasteiger partial charge in [-0.25, -0.2) is 0 Å². The smallest absolute Gasteiger partial charge is 0.383 e. The van der Waals surface area contributed by atoms with Crippen LogP contribution in [0.2, 0.25) is 0 Å². The molecule has 0 aliphatic carbocycles. The normalized spacial score (nSPS) is 12.9. The zero-order valence-electron chi connectivity index (χ0n) is 9.60. The van der Waals surface area contributed by atoms with Crippen LogP contribution in [0.1, 0.15) is 11.1 Å². The van der Waals surface area contributed by atoms with Gasteiger partial charge in [0.2, 0.25) is 0 Å². The average Bonchev–Trinajstić information content (AvgIpc) is 2.14. The van der Waals surface area contributed by atoms with Crippen LogP contribution < -0.4 is 5.32 Å². The Kier molecular flexibility index (Phi) is 4.00. The average molecular weight is 242 g/mol. The number of anilines is 1. The van der Waals surface area contributed by atoms with Crippen molar-refractivity contribution in [2.75, 3.05) is 11.9 Å². The second kappa shape index (κ2) is 5.09. The maximum Gasteiger partial charge on any atom is 0.406 e. The predicted molar refractivity (Wildman–Crippen MR) is 59.6 cm³/mol. The summed E-state index contributed by atoms with van der Waals surface area (Å²) >= 11 is 0. The zero-order chi connectivity index (χ0) is 13.1. The fraction of sp³-hybridized carbons (Fsp3) is 0.417. The molecule has 2 nitrogen and oxygen atoms in total. The first-order chi connectivity index (χ1) is 7.82. The van der Waals surface area contributed by atoms with Crippen LogP contribution in [0.25, 0.3) is 0 Å². The third-order valence-corrected chi connectivity index (χ3v) is 2.28. The highest BCUT2D eigenvalue weighted by molar-refractivity contribution is 5.48. The first-order valence-electron chi connectivity index (χ1n) is 5.11. The first kappa shape index (κ1) is 13.4. The van der Waals surface area contributed by atoms with Gasteiger partial charge < -0.3 is 5.32 Å². The van der Waals surface area contributed by atoms with Crippen molar-refractivity contribution in [3.8, 4) is 6.07 Å². The van der Waals surface area contributed by atoms with Gasteiger partial charge in [-0.05, 0) is 37.1 Å². The lowest BCUT2D eigenvalue weighted by Gasteiger charge is -2.15. The molecular weight excluding hydrogens is 229 g/mol. The highest BCUT2D eigenvalue weighted by atomic mass is 19.4. The molecule has 0 bridgehead atoms. The number of alkyl halides is 3. The number of nitriles is 1. The van der Waals surface area contributed by atoms with Crippen LogP contribution in [0.5, 0.6) is 0 Å². The summed E-state index contributed by atoms with van der Waals surface area (Å²) in [5.74, 6) is -1.98. The number of nitrogens with zero attached hydrogens (tertiary/aromatic N) is 1. The second-order valence-corrected chi connectivity index (χ2v) is 3.98. The third kappa shape index (κ3) is 3.99. The van der Waals surface area contributed by atoms with E-state index in [-0.39, 0.29) is 0 Å². The number of hydrogen-bond donors (Lipinski definition) is 1. The lowest BCUT2D eigenvalue weighted by atomic mass is 10.1. The number of benzene rings is 1. The van der Waals surface area contributed by atoms with E-state index >= 15 is 0 Å². The lowest BCUT2D eigenvalue weighted by Crippen LogP contribution is -2.28. The highest BCUT2D eigenvalue weighted by Crippen LogP contribution is 2.26. The molecule has 0 spiro atoms. The van der Waals surface area contributed by atoms with E-state index in [0.29, 0.717) is 5.69 Å². The van der Waals surface area contributed by atoms with Gasteiger partial charge in [-0.3, -0.25) is 0 Å². The minimum atomic E-state index is -4.49. The fourth-order valence-corrected chi connectivity index (χ4v) is 1.53. The van der Waals surface area contributed by atoms with Crippen molar-refractivity contribution >= 4 is 5.69 Å². The molecule has 0 aliphatic rings.